The van der Waals surface area contributed by atoms with Crippen LogP contribution in [0.5, 0.6) is 0 Å². The van der Waals surface area contributed by atoms with Crippen LogP contribution in [0.4, 0.5) is 5.82 Å². The molecule has 4 N–H and O–H groups in total. The first kappa shape index (κ1) is 13.1. The fraction of sp³-hybridized carbons (Fsp3) is 0.429. The van der Waals surface area contributed by atoms with Crippen molar-refractivity contribution in [3.8, 4) is 0 Å². The van der Waals surface area contributed by atoms with Crippen LogP contribution in [0.15, 0.2) is 27.9 Å². The highest BCUT2D eigenvalue weighted by molar-refractivity contribution is 5.87. The molecule has 3 rings (SSSR count). The Kier molecular flexibility index (Phi) is 3.42. The van der Waals surface area contributed by atoms with E-state index in [0.717, 1.165) is 48.5 Å². The molecule has 2 heterocycles. The standard InChI is InChI=1S/C14H19N5O/c1-16-12(9-2-4-10(20)5-3-9)13-11-6-7-17-14(11)18-8-19(13)15/h6-10,17,20H,1-5,15H2/b13-12-/t9-,10+. The third-order valence-corrected chi connectivity index (χ3v) is 4.05. The predicted molar refractivity (Wildman–Crippen MR) is 79.4 cm³/mol. The van der Waals surface area contributed by atoms with E-state index in [1.165, 1.54) is 5.01 Å². The zero-order valence-electron chi connectivity index (χ0n) is 11.3. The lowest BCUT2D eigenvalue weighted by molar-refractivity contribution is 0.115. The second-order valence-electron chi connectivity index (χ2n) is 5.29. The molecule has 0 unspecified atom stereocenters. The van der Waals surface area contributed by atoms with Crippen molar-refractivity contribution < 1.29 is 5.11 Å². The van der Waals surface area contributed by atoms with Crippen molar-refractivity contribution >= 4 is 24.6 Å². The molecule has 1 aromatic rings. The maximum atomic E-state index is 9.64. The summed E-state index contributed by atoms with van der Waals surface area (Å²) >= 11 is 0. The molecule has 1 saturated carbocycles. The molecule has 0 atom stereocenters. The fourth-order valence-corrected chi connectivity index (χ4v) is 2.99. The number of H-pyrrole nitrogens is 1. The highest BCUT2D eigenvalue weighted by Gasteiger charge is 2.28. The van der Waals surface area contributed by atoms with Gasteiger partial charge in [0, 0.05) is 17.7 Å². The summed E-state index contributed by atoms with van der Waals surface area (Å²) < 4.78 is 0. The van der Waals surface area contributed by atoms with Crippen molar-refractivity contribution in [3.05, 3.63) is 23.5 Å². The minimum Gasteiger partial charge on any atom is -0.393 e. The van der Waals surface area contributed by atoms with E-state index in [4.69, 9.17) is 5.84 Å². The summed E-state index contributed by atoms with van der Waals surface area (Å²) in [4.78, 5) is 11.6. The van der Waals surface area contributed by atoms with E-state index >= 15 is 0 Å². The number of hydrazine groups is 1. The Morgan fingerprint density at radius 2 is 2.20 bits per heavy atom. The van der Waals surface area contributed by atoms with Crippen molar-refractivity contribution in [3.63, 3.8) is 0 Å². The molecule has 20 heavy (non-hydrogen) atoms. The number of aliphatic imine (C=N–C) groups is 2. The van der Waals surface area contributed by atoms with E-state index in [0.29, 0.717) is 0 Å². The first-order chi connectivity index (χ1) is 9.70. The van der Waals surface area contributed by atoms with Gasteiger partial charge in [0.05, 0.1) is 17.5 Å². The Hall–Kier alpha value is -1.92. The second kappa shape index (κ2) is 5.22. The molecule has 1 aliphatic carbocycles. The van der Waals surface area contributed by atoms with Crippen LogP contribution in [0.2, 0.25) is 0 Å². The molecule has 0 radical (unpaired) electrons. The summed E-state index contributed by atoms with van der Waals surface area (Å²) in [7, 11) is 0. The maximum Gasteiger partial charge on any atom is 0.141 e. The monoisotopic (exact) mass is 273 g/mol. The van der Waals surface area contributed by atoms with Gasteiger partial charge in [-0.25, -0.2) is 10.8 Å². The Labute approximate surface area is 117 Å². The fourth-order valence-electron chi connectivity index (χ4n) is 2.99. The summed E-state index contributed by atoms with van der Waals surface area (Å²) in [6.07, 6.45) is 6.65. The quantitative estimate of drug-likeness (QED) is 0.566. The number of hydrogen-bond acceptors (Lipinski definition) is 5. The summed E-state index contributed by atoms with van der Waals surface area (Å²) in [6.45, 7) is 3.71. The molecule has 1 fully saturated rings. The molecule has 0 saturated heterocycles. The molecule has 6 heteroatoms. The van der Waals surface area contributed by atoms with Crippen molar-refractivity contribution in [2.75, 3.05) is 0 Å². The molecular weight excluding hydrogens is 254 g/mol. The van der Waals surface area contributed by atoms with Crippen LogP contribution < -0.4 is 5.84 Å². The lowest BCUT2D eigenvalue weighted by atomic mass is 9.84. The van der Waals surface area contributed by atoms with Gasteiger partial charge in [0.2, 0.25) is 0 Å². The van der Waals surface area contributed by atoms with E-state index in [1.807, 2.05) is 12.3 Å². The van der Waals surface area contributed by atoms with Crippen LogP contribution in [0, 0.1) is 5.92 Å². The Morgan fingerprint density at radius 3 is 2.90 bits per heavy atom. The third-order valence-electron chi connectivity index (χ3n) is 4.05. The average Bonchev–Trinajstić information content (AvgIpc) is 2.92. The molecule has 106 valence electrons. The number of nitrogens with two attached hydrogens (primary N) is 1. The molecule has 2 aliphatic rings. The van der Waals surface area contributed by atoms with E-state index < -0.39 is 0 Å². The molecule has 0 aromatic carbocycles. The lowest BCUT2D eigenvalue weighted by Crippen LogP contribution is -2.32. The van der Waals surface area contributed by atoms with Gasteiger partial charge in [-0.15, -0.1) is 0 Å². The Balaban J connectivity index is 2.01. The van der Waals surface area contributed by atoms with Gasteiger partial charge < -0.3 is 10.1 Å². The largest absolute Gasteiger partial charge is 0.393 e. The molecule has 1 aliphatic heterocycles. The van der Waals surface area contributed by atoms with Gasteiger partial charge in [0.1, 0.15) is 12.2 Å². The van der Waals surface area contributed by atoms with Gasteiger partial charge in [0.25, 0.3) is 0 Å². The average molecular weight is 273 g/mol. The molecular formula is C14H19N5O. The molecule has 1 aromatic heterocycles. The number of nitrogens with one attached hydrogen (secondary N) is 1. The molecule has 0 spiro atoms. The smallest absolute Gasteiger partial charge is 0.141 e. The van der Waals surface area contributed by atoms with Crippen LogP contribution in [-0.2, 0) is 0 Å². The summed E-state index contributed by atoms with van der Waals surface area (Å²) in [5.41, 5.74) is 2.70. The lowest BCUT2D eigenvalue weighted by Gasteiger charge is -2.30. The van der Waals surface area contributed by atoms with Gasteiger partial charge in [-0.1, -0.05) is 0 Å². The van der Waals surface area contributed by atoms with E-state index in [2.05, 4.69) is 21.7 Å². The SMILES string of the molecule is C=N/C(=C1/c2cc[nH]c2N=CN1N)[C@H]1CC[C@@H](O)CC1. The zero-order chi connectivity index (χ0) is 14.1. The van der Waals surface area contributed by atoms with Crippen molar-refractivity contribution in [2.45, 2.75) is 31.8 Å². The number of fused-ring (bicyclic) bond motifs is 1. The molecule has 0 amide bonds. The summed E-state index contributed by atoms with van der Waals surface area (Å²) in [6, 6.07) is 1.95. The molecule has 6 nitrogen and oxygen atoms in total. The third kappa shape index (κ3) is 2.17. The van der Waals surface area contributed by atoms with Crippen molar-refractivity contribution in [1.29, 1.82) is 0 Å². The number of hydrogen-bond donors (Lipinski definition) is 3. The van der Waals surface area contributed by atoms with E-state index in [-0.39, 0.29) is 12.0 Å². The first-order valence-corrected chi connectivity index (χ1v) is 6.85. The minimum absolute atomic E-state index is 0.188. The summed E-state index contributed by atoms with van der Waals surface area (Å²) in [5.74, 6) is 7.11. The normalized spacial score (nSPS) is 28.2. The number of rotatable bonds is 2. The number of aromatic amines is 1. The van der Waals surface area contributed by atoms with Gasteiger partial charge in [-0.2, -0.15) is 0 Å². The zero-order valence-corrected chi connectivity index (χ0v) is 11.3. The number of aliphatic hydroxyl groups is 1. The minimum atomic E-state index is -0.188. The van der Waals surface area contributed by atoms with Crippen LogP contribution in [-0.4, -0.2) is 34.3 Å². The van der Waals surface area contributed by atoms with Gasteiger partial charge in [-0.05, 0) is 38.5 Å². The van der Waals surface area contributed by atoms with Gasteiger partial charge in [0.15, 0.2) is 0 Å². The Morgan fingerprint density at radius 1 is 1.45 bits per heavy atom. The second-order valence-corrected chi connectivity index (χ2v) is 5.29. The number of aliphatic hydroxyl groups excluding tert-OH is 1. The van der Waals surface area contributed by atoms with Crippen LogP contribution in [0.3, 0.4) is 0 Å². The maximum absolute atomic E-state index is 9.64. The number of aromatic nitrogens is 1. The van der Waals surface area contributed by atoms with E-state index in [1.54, 1.807) is 6.34 Å². The van der Waals surface area contributed by atoms with Crippen LogP contribution >= 0.6 is 0 Å². The first-order valence-electron chi connectivity index (χ1n) is 6.85. The van der Waals surface area contributed by atoms with Gasteiger partial charge in [-0.3, -0.25) is 10.0 Å². The summed E-state index contributed by atoms with van der Waals surface area (Å²) in [5, 5.41) is 11.2. The molecule has 0 bridgehead atoms. The van der Waals surface area contributed by atoms with Crippen LogP contribution in [0.25, 0.3) is 5.70 Å². The highest BCUT2D eigenvalue weighted by Crippen LogP contribution is 2.38. The topological polar surface area (TPSA) is 90.0 Å². The number of allylic oxidation sites excluding steroid dienone is 1. The van der Waals surface area contributed by atoms with Crippen molar-refractivity contribution in [1.82, 2.24) is 9.99 Å². The van der Waals surface area contributed by atoms with Gasteiger partial charge >= 0.3 is 0 Å². The Bertz CT molecular complexity index is 566. The van der Waals surface area contributed by atoms with Crippen molar-refractivity contribution in [2.24, 2.45) is 21.7 Å². The highest BCUT2D eigenvalue weighted by atomic mass is 16.3. The van der Waals surface area contributed by atoms with Crippen LogP contribution in [0.1, 0.15) is 31.2 Å². The number of nitrogens with zero attached hydrogens (tertiary/aromatic N) is 3. The predicted octanol–water partition coefficient (Wildman–Crippen LogP) is 1.78. The van der Waals surface area contributed by atoms with E-state index in [9.17, 15) is 5.11 Å².